The van der Waals surface area contributed by atoms with Crippen LogP contribution in [0.2, 0.25) is 0 Å². The Labute approximate surface area is 573 Å². The number of aliphatic hydroxyl groups excluding tert-OH is 10. The van der Waals surface area contributed by atoms with Gasteiger partial charge in [-0.25, -0.2) is 4.57 Å². The molecule has 564 valence electrons. The lowest BCUT2D eigenvalue weighted by molar-refractivity contribution is -0.360. The van der Waals surface area contributed by atoms with Crippen LogP contribution in [0.15, 0.2) is 12.2 Å². The van der Waals surface area contributed by atoms with E-state index in [1.165, 1.54) is 141 Å². The molecule has 3 fully saturated rings. The zero-order valence-electron chi connectivity index (χ0n) is 58.7. The molecule has 3 aliphatic rings. The zero-order chi connectivity index (χ0) is 70.4. The molecule has 11 N–H and O–H groups in total. The largest absolute Gasteiger partial charge is 0.472 e. The number of phosphoric acid groups is 1. The summed E-state index contributed by atoms with van der Waals surface area (Å²) in [5.41, 5.74) is 0. The molecule has 25 heteroatoms. The number of unbranched alkanes of at least 4 members (excludes halogenated alkanes) is 35. The third-order valence-corrected chi connectivity index (χ3v) is 19.5. The van der Waals surface area contributed by atoms with Crippen LogP contribution in [0.3, 0.4) is 0 Å². The molecule has 0 aromatic rings. The lowest BCUT2D eigenvalue weighted by Crippen LogP contribution is -2.69. The number of phosphoric ester groups is 1. The average Bonchev–Trinajstić information content (AvgIpc) is 0.764. The van der Waals surface area contributed by atoms with Crippen LogP contribution in [-0.2, 0) is 61.2 Å². The molecule has 0 amide bonds. The van der Waals surface area contributed by atoms with E-state index in [2.05, 4.69) is 32.9 Å². The van der Waals surface area contributed by atoms with Crippen molar-refractivity contribution in [3.63, 3.8) is 0 Å². The molecule has 0 aromatic heterocycles. The van der Waals surface area contributed by atoms with Gasteiger partial charge >= 0.3 is 25.7 Å². The maximum atomic E-state index is 14.3. The van der Waals surface area contributed by atoms with Gasteiger partial charge in [0.05, 0.1) is 13.2 Å². The summed E-state index contributed by atoms with van der Waals surface area (Å²) in [7, 11) is -5.70. The highest BCUT2D eigenvalue weighted by molar-refractivity contribution is 7.47. The number of hydrogen-bond donors (Lipinski definition) is 11. The van der Waals surface area contributed by atoms with Gasteiger partial charge in [0.25, 0.3) is 0 Å². The van der Waals surface area contributed by atoms with E-state index < -0.39 is 156 Å². The summed E-state index contributed by atoms with van der Waals surface area (Å²) in [5, 5.41) is 110. The lowest BCUT2D eigenvalue weighted by Gasteiger charge is -2.49. The van der Waals surface area contributed by atoms with Gasteiger partial charge in [0.15, 0.2) is 18.7 Å². The molecule has 0 spiro atoms. The SMILES string of the molecule is CCCCCCCCC/C=C\CCCCCC(=O)OC(COC(=O)CCCCCCCCCCCCCCCCCC)COP(=O)(O)OC1C(OC2OC(CO)C(O)C(O)C2O)C(O)C(O)C(O)C1OC1OC(COC(=O)CCCCCCCCCCCCC)C(O)C(O)C1O. The molecule has 3 rings (SSSR count). The average molecular weight is 1400 g/mol. The highest BCUT2D eigenvalue weighted by Gasteiger charge is 2.58. The van der Waals surface area contributed by atoms with Gasteiger partial charge in [0.2, 0.25) is 0 Å². The van der Waals surface area contributed by atoms with Crippen LogP contribution in [0.1, 0.15) is 290 Å². The van der Waals surface area contributed by atoms with Crippen LogP contribution < -0.4 is 0 Å². The van der Waals surface area contributed by atoms with Crippen molar-refractivity contribution in [2.24, 2.45) is 0 Å². The van der Waals surface area contributed by atoms with Crippen LogP contribution in [0, 0.1) is 0 Å². The number of rotatable bonds is 58. The van der Waals surface area contributed by atoms with Crippen molar-refractivity contribution in [2.45, 2.75) is 395 Å². The second kappa shape index (κ2) is 53.5. The van der Waals surface area contributed by atoms with E-state index in [1.54, 1.807) is 0 Å². The molecule has 2 saturated heterocycles. The van der Waals surface area contributed by atoms with Gasteiger partial charge < -0.3 is 89.1 Å². The molecule has 1 aliphatic carbocycles. The third kappa shape index (κ3) is 36.5. The second-order valence-corrected chi connectivity index (χ2v) is 28.4. The molecule has 0 radical (unpaired) electrons. The minimum absolute atomic E-state index is 0.0310. The number of allylic oxidation sites excluding steroid dienone is 2. The van der Waals surface area contributed by atoms with E-state index in [1.807, 2.05) is 0 Å². The van der Waals surface area contributed by atoms with E-state index in [-0.39, 0.29) is 19.3 Å². The minimum Gasteiger partial charge on any atom is -0.463 e. The first-order valence-electron chi connectivity index (χ1n) is 37.5. The van der Waals surface area contributed by atoms with Gasteiger partial charge in [-0.05, 0) is 44.9 Å². The van der Waals surface area contributed by atoms with Crippen molar-refractivity contribution in [3.05, 3.63) is 12.2 Å². The summed E-state index contributed by atoms with van der Waals surface area (Å²) >= 11 is 0. The van der Waals surface area contributed by atoms with E-state index in [4.69, 9.17) is 42.2 Å². The van der Waals surface area contributed by atoms with Crippen molar-refractivity contribution < 1.29 is 117 Å². The van der Waals surface area contributed by atoms with Crippen molar-refractivity contribution >= 4 is 25.7 Å². The number of hydrogen-bond acceptors (Lipinski definition) is 23. The fraction of sp³-hybridized carbons (Fsp3) is 0.930. The van der Waals surface area contributed by atoms with Crippen molar-refractivity contribution in [2.75, 3.05) is 26.4 Å². The maximum absolute atomic E-state index is 14.3. The Hall–Kier alpha value is -2.30. The molecular formula is C71H131O24P. The molecule has 0 bridgehead atoms. The van der Waals surface area contributed by atoms with Crippen molar-refractivity contribution in [1.82, 2.24) is 0 Å². The maximum Gasteiger partial charge on any atom is 0.472 e. The van der Waals surface area contributed by atoms with Gasteiger partial charge in [-0.2, -0.15) is 0 Å². The quantitative estimate of drug-likeness (QED) is 0.00886. The molecule has 2 heterocycles. The first-order chi connectivity index (χ1) is 46.3. The molecular weight excluding hydrogens is 1270 g/mol. The summed E-state index contributed by atoms with van der Waals surface area (Å²) in [4.78, 5) is 50.9. The molecule has 24 nitrogen and oxygen atoms in total. The van der Waals surface area contributed by atoms with Crippen LogP contribution in [0.4, 0.5) is 0 Å². The Morgan fingerprint density at radius 2 is 0.729 bits per heavy atom. The second-order valence-electron chi connectivity index (χ2n) is 27.0. The fourth-order valence-corrected chi connectivity index (χ4v) is 13.4. The Morgan fingerprint density at radius 3 is 1.14 bits per heavy atom. The number of ether oxygens (including phenoxy) is 7. The molecule has 1 saturated carbocycles. The van der Waals surface area contributed by atoms with Crippen LogP contribution in [0.5, 0.6) is 0 Å². The first-order valence-corrected chi connectivity index (χ1v) is 39.0. The zero-order valence-corrected chi connectivity index (χ0v) is 59.6. The topological polar surface area (TPSA) is 374 Å². The number of carbonyl (C=O) groups excluding carboxylic acids is 3. The van der Waals surface area contributed by atoms with Crippen LogP contribution in [-0.4, -0.2) is 204 Å². The summed E-state index contributed by atoms with van der Waals surface area (Å²) < 4.78 is 64.9. The third-order valence-electron chi connectivity index (χ3n) is 18.5. The summed E-state index contributed by atoms with van der Waals surface area (Å²) in [6.07, 6.45) is 11.5. The van der Waals surface area contributed by atoms with Crippen LogP contribution in [0.25, 0.3) is 0 Å². The molecule has 0 aromatic carbocycles. The van der Waals surface area contributed by atoms with Gasteiger partial charge in [-0.1, -0.05) is 238 Å². The molecule has 18 unspecified atom stereocenters. The van der Waals surface area contributed by atoms with Gasteiger partial charge in [0, 0.05) is 19.3 Å². The summed E-state index contributed by atoms with van der Waals surface area (Å²) in [6.45, 7) is 3.42. The Kier molecular flexibility index (Phi) is 49.0. The van der Waals surface area contributed by atoms with Crippen molar-refractivity contribution in [3.8, 4) is 0 Å². The van der Waals surface area contributed by atoms with E-state index in [0.29, 0.717) is 25.7 Å². The smallest absolute Gasteiger partial charge is 0.463 e. The van der Waals surface area contributed by atoms with Crippen LogP contribution >= 0.6 is 7.82 Å². The number of esters is 3. The molecule has 2 aliphatic heterocycles. The highest BCUT2D eigenvalue weighted by atomic mass is 31.2. The first kappa shape index (κ1) is 87.9. The Bertz CT molecular complexity index is 2040. The number of aliphatic hydroxyl groups is 10. The normalized spacial score (nSPS) is 28.0. The molecule has 96 heavy (non-hydrogen) atoms. The number of carbonyl (C=O) groups is 3. The van der Waals surface area contributed by atoms with Gasteiger partial charge in [-0.3, -0.25) is 23.4 Å². The predicted octanol–water partition coefficient (Wildman–Crippen LogP) is 9.96. The monoisotopic (exact) mass is 1400 g/mol. The Balaban J connectivity index is 1.74. The summed E-state index contributed by atoms with van der Waals surface area (Å²) in [6, 6.07) is 0. The standard InChI is InChI=1S/C71H131O24P/c1-4-7-10-13-16-19-22-24-26-27-29-31-34-36-39-42-45-55(73)87-49-52(90-57(75)47-44-41-38-35-32-28-25-23-20-17-14-11-8-5-2)50-89-96(85,86)95-69-67(93-70-65(83)60(78)58(76)53(48-72)91-70)63(81)62(80)64(82)68(69)94-71-66(84)61(79)59(77)54(92-71)51-88-56(74)46-43-40-37-33-30-21-18-15-12-9-6-3/h28,32,52-54,58-72,76-84H,4-27,29-31,33-51H2,1-3H3,(H,85,86)/b32-28-. The van der Waals surface area contributed by atoms with Crippen molar-refractivity contribution in [1.29, 1.82) is 0 Å². The lowest BCUT2D eigenvalue weighted by atomic mass is 9.84. The predicted molar refractivity (Wildman–Crippen MR) is 361 cm³/mol. The van der Waals surface area contributed by atoms with E-state index in [0.717, 1.165) is 83.5 Å². The van der Waals surface area contributed by atoms with Gasteiger partial charge in [-0.15, -0.1) is 0 Å². The Morgan fingerprint density at radius 1 is 0.396 bits per heavy atom. The van der Waals surface area contributed by atoms with Gasteiger partial charge in [0.1, 0.15) is 98.7 Å². The summed E-state index contributed by atoms with van der Waals surface area (Å²) in [5.74, 6) is -2.00. The van der Waals surface area contributed by atoms with E-state index in [9.17, 15) is 74.9 Å². The van der Waals surface area contributed by atoms with E-state index >= 15 is 0 Å². The minimum atomic E-state index is -5.70. The fourth-order valence-electron chi connectivity index (χ4n) is 12.4. The highest BCUT2D eigenvalue weighted by Crippen LogP contribution is 2.49. The molecule has 18 atom stereocenters.